The van der Waals surface area contributed by atoms with E-state index in [-0.39, 0.29) is 4.90 Å². The summed E-state index contributed by atoms with van der Waals surface area (Å²) in [5, 5.41) is 3.18. The first kappa shape index (κ1) is 14.4. The Bertz CT molecular complexity index is 687. The van der Waals surface area contributed by atoms with Crippen molar-refractivity contribution in [2.75, 3.05) is 12.4 Å². The van der Waals surface area contributed by atoms with E-state index in [1.54, 1.807) is 30.5 Å². The molecule has 106 valence electrons. The molecule has 2 rings (SSSR count). The van der Waals surface area contributed by atoms with Crippen molar-refractivity contribution in [2.45, 2.75) is 18.4 Å². The maximum atomic E-state index is 11.8. The summed E-state index contributed by atoms with van der Waals surface area (Å²) in [5.74, 6) is 0. The van der Waals surface area contributed by atoms with Gasteiger partial charge in [0.2, 0.25) is 10.0 Å². The third-order valence-electron chi connectivity index (χ3n) is 2.89. The van der Waals surface area contributed by atoms with Crippen molar-refractivity contribution in [3.63, 3.8) is 0 Å². The average molecular weight is 292 g/mol. The van der Waals surface area contributed by atoms with Gasteiger partial charge in [-0.1, -0.05) is 6.07 Å². The lowest BCUT2D eigenvalue weighted by molar-refractivity contribution is 0.588. The maximum absolute atomic E-state index is 11.8. The quantitative estimate of drug-likeness (QED) is 0.868. The molecule has 0 aliphatic carbocycles. The highest BCUT2D eigenvalue weighted by Gasteiger charge is 2.12. The van der Waals surface area contributed by atoms with Gasteiger partial charge in [0.05, 0.1) is 17.1 Å². The van der Waals surface area contributed by atoms with Gasteiger partial charge >= 0.3 is 0 Å². The number of anilines is 1. The fourth-order valence-electron chi connectivity index (χ4n) is 1.69. The molecule has 0 fully saturated rings. The molecule has 0 saturated carbocycles. The molecule has 0 aliphatic heterocycles. The van der Waals surface area contributed by atoms with E-state index >= 15 is 0 Å². The number of rotatable bonds is 5. The number of benzene rings is 1. The Kier molecular flexibility index (Phi) is 4.31. The number of nitrogens with zero attached hydrogens (tertiary/aromatic N) is 2. The summed E-state index contributed by atoms with van der Waals surface area (Å²) >= 11 is 0. The van der Waals surface area contributed by atoms with Gasteiger partial charge in [-0.15, -0.1) is 0 Å². The van der Waals surface area contributed by atoms with Gasteiger partial charge in [0, 0.05) is 11.9 Å². The van der Waals surface area contributed by atoms with Crippen LogP contribution in [-0.2, 0) is 16.6 Å². The van der Waals surface area contributed by atoms with E-state index in [4.69, 9.17) is 0 Å². The van der Waals surface area contributed by atoms with Crippen LogP contribution in [0.2, 0.25) is 0 Å². The molecule has 7 heteroatoms. The van der Waals surface area contributed by atoms with E-state index in [9.17, 15) is 8.42 Å². The van der Waals surface area contributed by atoms with E-state index in [1.165, 1.54) is 13.4 Å². The fourth-order valence-corrected chi connectivity index (χ4v) is 2.44. The van der Waals surface area contributed by atoms with E-state index < -0.39 is 10.0 Å². The molecular formula is C13H16N4O2S. The Hall–Kier alpha value is -1.99. The molecule has 1 aromatic heterocycles. The Morgan fingerprint density at radius 2 is 2.05 bits per heavy atom. The second kappa shape index (κ2) is 5.98. The SMILES string of the molecule is CNS(=O)(=O)c1ccc(C)c(NCc2ccncn2)c1. The first-order chi connectivity index (χ1) is 9.53. The summed E-state index contributed by atoms with van der Waals surface area (Å²) in [7, 11) is -2.04. The Balaban J connectivity index is 2.22. The average Bonchev–Trinajstić information content (AvgIpc) is 2.47. The van der Waals surface area contributed by atoms with Crippen LogP contribution < -0.4 is 10.0 Å². The van der Waals surface area contributed by atoms with E-state index in [0.29, 0.717) is 6.54 Å². The topological polar surface area (TPSA) is 84.0 Å². The molecule has 0 spiro atoms. The van der Waals surface area contributed by atoms with Crippen molar-refractivity contribution in [2.24, 2.45) is 0 Å². The number of aromatic nitrogens is 2. The number of sulfonamides is 1. The molecule has 0 saturated heterocycles. The largest absolute Gasteiger partial charge is 0.379 e. The summed E-state index contributed by atoms with van der Waals surface area (Å²) in [6, 6.07) is 6.77. The maximum Gasteiger partial charge on any atom is 0.240 e. The standard InChI is InChI=1S/C13H16N4O2S/c1-10-3-4-12(20(18,19)14-2)7-13(10)16-8-11-5-6-15-9-17-11/h3-7,9,14,16H,8H2,1-2H3. The van der Waals surface area contributed by atoms with Gasteiger partial charge < -0.3 is 5.32 Å². The van der Waals surface area contributed by atoms with E-state index in [2.05, 4.69) is 20.0 Å². The van der Waals surface area contributed by atoms with Crippen molar-refractivity contribution in [3.8, 4) is 0 Å². The second-order valence-electron chi connectivity index (χ2n) is 4.24. The van der Waals surface area contributed by atoms with Crippen molar-refractivity contribution < 1.29 is 8.42 Å². The van der Waals surface area contributed by atoms with Crippen molar-refractivity contribution in [1.29, 1.82) is 0 Å². The molecule has 6 nitrogen and oxygen atoms in total. The van der Waals surface area contributed by atoms with Gasteiger partial charge in [0.1, 0.15) is 6.33 Å². The van der Waals surface area contributed by atoms with Crippen LogP contribution in [0.4, 0.5) is 5.69 Å². The summed E-state index contributed by atoms with van der Waals surface area (Å²) in [5.41, 5.74) is 2.57. The Morgan fingerprint density at radius 1 is 1.25 bits per heavy atom. The molecule has 2 N–H and O–H groups in total. The van der Waals surface area contributed by atoms with Gasteiger partial charge in [0.15, 0.2) is 0 Å². The van der Waals surface area contributed by atoms with Crippen LogP contribution in [-0.4, -0.2) is 25.4 Å². The highest BCUT2D eigenvalue weighted by atomic mass is 32.2. The van der Waals surface area contributed by atoms with Gasteiger partial charge in [0.25, 0.3) is 0 Å². The minimum absolute atomic E-state index is 0.232. The van der Waals surface area contributed by atoms with Crippen LogP contribution in [0.1, 0.15) is 11.3 Å². The molecule has 0 bridgehead atoms. The number of hydrogen-bond donors (Lipinski definition) is 2. The predicted molar refractivity (Wildman–Crippen MR) is 76.8 cm³/mol. The minimum Gasteiger partial charge on any atom is -0.379 e. The van der Waals surface area contributed by atoms with Gasteiger partial charge in [-0.3, -0.25) is 0 Å². The third-order valence-corrected chi connectivity index (χ3v) is 4.30. The van der Waals surface area contributed by atoms with E-state index in [0.717, 1.165) is 16.9 Å². The van der Waals surface area contributed by atoms with Crippen LogP contribution in [0.5, 0.6) is 0 Å². The predicted octanol–water partition coefficient (Wildman–Crippen LogP) is 1.31. The summed E-state index contributed by atoms with van der Waals surface area (Å²) in [6.45, 7) is 2.42. The Labute approximate surface area is 118 Å². The summed E-state index contributed by atoms with van der Waals surface area (Å²) in [6.07, 6.45) is 3.14. The van der Waals surface area contributed by atoms with Gasteiger partial charge in [-0.2, -0.15) is 0 Å². The molecule has 0 aliphatic rings. The number of hydrogen-bond acceptors (Lipinski definition) is 5. The molecule has 20 heavy (non-hydrogen) atoms. The number of aryl methyl sites for hydroxylation is 1. The third kappa shape index (κ3) is 3.31. The highest BCUT2D eigenvalue weighted by Crippen LogP contribution is 2.20. The van der Waals surface area contributed by atoms with Crippen molar-refractivity contribution in [1.82, 2.24) is 14.7 Å². The smallest absolute Gasteiger partial charge is 0.240 e. The summed E-state index contributed by atoms with van der Waals surface area (Å²) < 4.78 is 25.9. The molecule has 0 amide bonds. The lowest BCUT2D eigenvalue weighted by atomic mass is 10.2. The van der Waals surface area contributed by atoms with Crippen LogP contribution in [0, 0.1) is 6.92 Å². The molecular weight excluding hydrogens is 276 g/mol. The lowest BCUT2D eigenvalue weighted by Gasteiger charge is -2.11. The first-order valence-corrected chi connectivity index (χ1v) is 7.54. The van der Waals surface area contributed by atoms with Gasteiger partial charge in [-0.05, 0) is 37.7 Å². The summed E-state index contributed by atoms with van der Waals surface area (Å²) in [4.78, 5) is 8.19. The van der Waals surface area contributed by atoms with E-state index in [1.807, 2.05) is 6.92 Å². The number of nitrogens with one attached hydrogen (secondary N) is 2. The monoisotopic (exact) mass is 292 g/mol. The molecule has 0 atom stereocenters. The molecule has 0 unspecified atom stereocenters. The fraction of sp³-hybridized carbons (Fsp3) is 0.231. The highest BCUT2D eigenvalue weighted by molar-refractivity contribution is 7.89. The minimum atomic E-state index is -3.44. The zero-order valence-corrected chi connectivity index (χ0v) is 12.1. The van der Waals surface area contributed by atoms with Crippen molar-refractivity contribution >= 4 is 15.7 Å². The molecule has 1 aromatic carbocycles. The lowest BCUT2D eigenvalue weighted by Crippen LogP contribution is -2.18. The van der Waals surface area contributed by atoms with Crippen LogP contribution in [0.3, 0.4) is 0 Å². The van der Waals surface area contributed by atoms with Gasteiger partial charge in [-0.25, -0.2) is 23.1 Å². The Morgan fingerprint density at radius 3 is 2.70 bits per heavy atom. The zero-order valence-electron chi connectivity index (χ0n) is 11.3. The molecule has 0 radical (unpaired) electrons. The normalized spacial score (nSPS) is 11.3. The second-order valence-corrected chi connectivity index (χ2v) is 6.13. The molecule has 1 heterocycles. The first-order valence-electron chi connectivity index (χ1n) is 6.06. The molecule has 2 aromatic rings. The van der Waals surface area contributed by atoms with Crippen molar-refractivity contribution in [3.05, 3.63) is 48.0 Å². The van der Waals surface area contributed by atoms with Crippen LogP contribution in [0.15, 0.2) is 41.7 Å². The van der Waals surface area contributed by atoms with Crippen LogP contribution in [0.25, 0.3) is 0 Å². The zero-order chi connectivity index (χ0) is 14.6. The van der Waals surface area contributed by atoms with Crippen LogP contribution >= 0.6 is 0 Å².